The monoisotopic (exact) mass is 682 g/mol. The molecule has 0 amide bonds. The molecule has 0 radical (unpaired) electrons. The van der Waals surface area contributed by atoms with Crippen LogP contribution in [0, 0.1) is 13.8 Å². The average Bonchev–Trinajstić information content (AvgIpc) is 3.71. The zero-order chi connectivity index (χ0) is 32.2. The van der Waals surface area contributed by atoms with Gasteiger partial charge in [0.05, 0.1) is 0 Å². The van der Waals surface area contributed by atoms with Crippen molar-refractivity contribution < 1.29 is 21.3 Å². The van der Waals surface area contributed by atoms with Crippen LogP contribution in [-0.2, 0) is 40.5 Å². The van der Waals surface area contributed by atoms with Crippen molar-refractivity contribution in [3.05, 3.63) is 145 Å². The third kappa shape index (κ3) is 6.87. The zero-order valence-corrected chi connectivity index (χ0v) is 31.5. The van der Waals surface area contributed by atoms with Gasteiger partial charge < -0.3 is 0 Å². The van der Waals surface area contributed by atoms with Gasteiger partial charge in [0.1, 0.15) is 0 Å². The first-order chi connectivity index (χ1) is 22.4. The van der Waals surface area contributed by atoms with Gasteiger partial charge in [-0.15, -0.1) is 0 Å². The summed E-state index contributed by atoms with van der Waals surface area (Å²) in [6.45, 7) is 14.5. The van der Waals surface area contributed by atoms with E-state index in [2.05, 4.69) is 139 Å². The summed E-state index contributed by atoms with van der Waals surface area (Å²) in [6, 6.07) is 30.4. The number of allylic oxidation sites excluding steroid dienone is 4. The van der Waals surface area contributed by atoms with E-state index in [1.165, 1.54) is 47.9 Å². The maximum absolute atomic E-state index is 2.65. The molecule has 1 heteroatoms. The van der Waals surface area contributed by atoms with Gasteiger partial charge in [-0.2, -0.15) is 0 Å². The summed E-state index contributed by atoms with van der Waals surface area (Å²) in [4.78, 5) is 0. The number of fused-ring (bicyclic) bond motifs is 3. The van der Waals surface area contributed by atoms with Crippen LogP contribution in [0.4, 0.5) is 0 Å². The van der Waals surface area contributed by atoms with Gasteiger partial charge in [-0.05, 0) is 0 Å². The second kappa shape index (κ2) is 14.9. The van der Waals surface area contributed by atoms with Crippen molar-refractivity contribution in [2.24, 2.45) is 0 Å². The molecule has 0 bridgehead atoms. The van der Waals surface area contributed by atoms with Crippen molar-refractivity contribution in [1.29, 1.82) is 0 Å². The van der Waals surface area contributed by atoms with Crippen LogP contribution in [0.3, 0.4) is 0 Å². The average molecular weight is 684 g/mol. The Morgan fingerprint density at radius 3 is 1.89 bits per heavy atom. The number of rotatable bonds is 12. The normalized spacial score (nSPS) is 14.5. The Labute approximate surface area is 286 Å². The van der Waals surface area contributed by atoms with Gasteiger partial charge in [-0.25, -0.2) is 0 Å². The van der Waals surface area contributed by atoms with E-state index in [-0.39, 0.29) is 0 Å². The molecule has 4 aromatic rings. The first-order valence-electron chi connectivity index (χ1n) is 17.9. The van der Waals surface area contributed by atoms with Crippen LogP contribution in [0.1, 0.15) is 116 Å². The first kappa shape index (κ1) is 33.0. The molecule has 0 aliphatic heterocycles. The number of benzene rings is 4. The summed E-state index contributed by atoms with van der Waals surface area (Å²) in [7, 11) is 0. The van der Waals surface area contributed by atoms with E-state index in [1.54, 1.807) is 39.9 Å². The van der Waals surface area contributed by atoms with E-state index in [0.29, 0.717) is 11.8 Å². The van der Waals surface area contributed by atoms with E-state index < -0.39 is 21.3 Å². The molecule has 2 atom stereocenters. The molecule has 236 valence electrons. The van der Waals surface area contributed by atoms with Crippen molar-refractivity contribution in [3.63, 3.8) is 0 Å². The third-order valence-corrected chi connectivity index (χ3v) is 18.6. The maximum atomic E-state index is 2.65. The Morgan fingerprint density at radius 1 is 0.739 bits per heavy atom. The molecule has 0 aromatic heterocycles. The molecule has 0 spiro atoms. The van der Waals surface area contributed by atoms with E-state index in [4.69, 9.17) is 0 Å². The van der Waals surface area contributed by atoms with E-state index in [0.717, 1.165) is 25.7 Å². The molecule has 6 rings (SSSR count). The van der Waals surface area contributed by atoms with Gasteiger partial charge in [0.2, 0.25) is 0 Å². The van der Waals surface area contributed by atoms with Crippen molar-refractivity contribution in [2.75, 3.05) is 0 Å². The van der Waals surface area contributed by atoms with Crippen molar-refractivity contribution >= 4 is 6.48 Å². The van der Waals surface area contributed by atoms with Crippen LogP contribution in [0.25, 0.3) is 11.1 Å². The van der Waals surface area contributed by atoms with Gasteiger partial charge in [-0.3, -0.25) is 0 Å². The first-order valence-corrected chi connectivity index (χ1v) is 21.5. The van der Waals surface area contributed by atoms with Crippen LogP contribution in [0.2, 0.25) is 0 Å². The van der Waals surface area contributed by atoms with Crippen molar-refractivity contribution in [1.82, 2.24) is 0 Å². The van der Waals surface area contributed by atoms with E-state index in [1.807, 2.05) is 3.21 Å². The predicted octanol–water partition coefficient (Wildman–Crippen LogP) is 11.4. The number of hydrogen-bond acceptors (Lipinski definition) is 0. The molecule has 46 heavy (non-hydrogen) atoms. The molecule has 2 aliphatic carbocycles. The fraction of sp³-hybridized carbons (Fsp3) is 0.356. The second-order valence-corrected chi connectivity index (χ2v) is 20.4. The molecule has 2 aliphatic rings. The van der Waals surface area contributed by atoms with Gasteiger partial charge in [-0.1, -0.05) is 0 Å². The Kier molecular flexibility index (Phi) is 10.7. The number of hydrogen-bond donors (Lipinski definition) is 0. The predicted molar refractivity (Wildman–Crippen MR) is 198 cm³/mol. The minimum absolute atomic E-state index is 0.564. The Morgan fingerprint density at radius 2 is 1.33 bits per heavy atom. The quantitative estimate of drug-likeness (QED) is 0.123. The van der Waals surface area contributed by atoms with Crippen molar-refractivity contribution in [2.45, 2.75) is 105 Å². The summed E-state index contributed by atoms with van der Waals surface area (Å²) >= 11 is -2.59. The molecule has 0 nitrogen and oxygen atoms in total. The van der Waals surface area contributed by atoms with Gasteiger partial charge in [0.15, 0.2) is 0 Å². The van der Waals surface area contributed by atoms with Crippen LogP contribution in [-0.4, -0.2) is 3.21 Å². The third-order valence-electron chi connectivity index (χ3n) is 10.6. The Balaban J connectivity index is 1.64. The number of aryl methyl sites for hydroxylation is 1. The fourth-order valence-corrected chi connectivity index (χ4v) is 17.0. The Hall–Kier alpha value is -2.89. The Bertz CT molecular complexity index is 1740. The summed E-state index contributed by atoms with van der Waals surface area (Å²) in [5.41, 5.74) is 15.5. The standard InChI is InChI=1S/C25H33.C15H14.C5H5.Zr/c1-7-9-16(3)22-14-24-20(11-18(22)5)13-21-12-19(6)23(15-25(21)24)17(4)10-8-2;1-3-8-14(9-4-1)12-7-13-15-10-5-2-6-11-15;1-2-4-5-3-1;/h11,14-17H,7-10,13H2,1-6H3;1-6,8-11H,12-13H2;1-3H,4H2;. The molecular weight excluding hydrogens is 632 g/mol. The van der Waals surface area contributed by atoms with Crippen LogP contribution in [0.5, 0.6) is 0 Å². The molecule has 0 fully saturated rings. The van der Waals surface area contributed by atoms with Crippen LogP contribution >= 0.6 is 0 Å². The van der Waals surface area contributed by atoms with Gasteiger partial charge >= 0.3 is 288 Å². The SMILES string of the molecule is CCCC(C)c1cc2c(cc1C)Cc1c-2cc(C(C)CCC)c(C)[c]1[Zr]([C]1=CC=CC1)=[C](Cc1ccccc1)Cc1ccccc1. The molecule has 0 saturated heterocycles. The molecule has 0 saturated carbocycles. The summed E-state index contributed by atoms with van der Waals surface area (Å²) in [5, 5.41) is 0. The summed E-state index contributed by atoms with van der Waals surface area (Å²) < 4.78 is 5.36. The van der Waals surface area contributed by atoms with Crippen LogP contribution < -0.4 is 3.27 Å². The summed E-state index contributed by atoms with van der Waals surface area (Å²) in [5.74, 6) is 1.16. The van der Waals surface area contributed by atoms with E-state index >= 15 is 0 Å². The minimum atomic E-state index is -2.59. The van der Waals surface area contributed by atoms with Crippen LogP contribution in [0.15, 0.2) is 100 Å². The van der Waals surface area contributed by atoms with Crippen molar-refractivity contribution in [3.8, 4) is 11.1 Å². The molecule has 0 N–H and O–H groups in total. The van der Waals surface area contributed by atoms with E-state index in [9.17, 15) is 0 Å². The topological polar surface area (TPSA) is 0 Å². The molecule has 4 aromatic carbocycles. The van der Waals surface area contributed by atoms with Gasteiger partial charge in [0.25, 0.3) is 0 Å². The molecule has 0 heterocycles. The second-order valence-electron chi connectivity index (χ2n) is 14.0. The molecule has 2 unspecified atom stereocenters. The fourth-order valence-electron chi connectivity index (χ4n) is 8.33. The zero-order valence-electron chi connectivity index (χ0n) is 29.0. The molecular formula is C45H52Zr. The summed E-state index contributed by atoms with van der Waals surface area (Å²) in [6.07, 6.45) is 16.6. The van der Waals surface area contributed by atoms with Gasteiger partial charge in [0, 0.05) is 0 Å².